The fraction of sp³-hybridized carbons (Fsp3) is 0.238. The second kappa shape index (κ2) is 8.75. The third kappa shape index (κ3) is 4.80. The molecule has 1 amide bonds. The summed E-state index contributed by atoms with van der Waals surface area (Å²) < 4.78 is 32.3. The second-order valence-corrected chi connectivity index (χ2v) is 6.73. The van der Waals surface area contributed by atoms with Gasteiger partial charge in [-0.3, -0.25) is 4.79 Å². The van der Waals surface area contributed by atoms with E-state index in [0.29, 0.717) is 6.42 Å². The van der Waals surface area contributed by atoms with Crippen molar-refractivity contribution in [1.29, 1.82) is 0 Å². The third-order valence-corrected chi connectivity index (χ3v) is 4.32. The molecule has 0 aliphatic heterocycles. The van der Waals surface area contributed by atoms with Gasteiger partial charge in [0.15, 0.2) is 11.5 Å². The quantitative estimate of drug-likeness (QED) is 0.667. The first-order valence-electron chi connectivity index (χ1n) is 8.86. The zero-order valence-electron chi connectivity index (χ0n) is 15.7. The summed E-state index contributed by atoms with van der Waals surface area (Å²) in [6.07, 6.45) is 0.627. The Labute approximate surface area is 162 Å². The standard InChI is InChI=1S/C21H21F2N3O2/c1-26(2)12-11-18(14-7-9-15(22)10-8-14)24-21(27)19-13-20(28-25-19)16-5-3-4-6-17(16)23/h3-10,13,18H,11-12H2,1-2H3,(H,24,27). The summed E-state index contributed by atoms with van der Waals surface area (Å²) in [6, 6.07) is 13.2. The molecule has 1 heterocycles. The Morgan fingerprint density at radius 3 is 2.54 bits per heavy atom. The molecule has 28 heavy (non-hydrogen) atoms. The number of amides is 1. The number of rotatable bonds is 7. The summed E-state index contributed by atoms with van der Waals surface area (Å²) in [5.74, 6) is -1.07. The van der Waals surface area contributed by atoms with Crippen LogP contribution in [0.25, 0.3) is 11.3 Å². The summed E-state index contributed by atoms with van der Waals surface area (Å²) in [5, 5.41) is 6.67. The van der Waals surface area contributed by atoms with Gasteiger partial charge in [0.05, 0.1) is 11.6 Å². The minimum Gasteiger partial charge on any atom is -0.355 e. The van der Waals surface area contributed by atoms with E-state index in [9.17, 15) is 13.6 Å². The predicted molar refractivity (Wildman–Crippen MR) is 102 cm³/mol. The number of carbonyl (C=O) groups is 1. The Morgan fingerprint density at radius 1 is 1.14 bits per heavy atom. The molecule has 0 aliphatic carbocycles. The fourth-order valence-corrected chi connectivity index (χ4v) is 2.81. The van der Waals surface area contributed by atoms with Crippen LogP contribution < -0.4 is 5.32 Å². The van der Waals surface area contributed by atoms with Crippen molar-refractivity contribution in [3.05, 3.63) is 77.5 Å². The lowest BCUT2D eigenvalue weighted by Crippen LogP contribution is -2.31. The van der Waals surface area contributed by atoms with E-state index in [2.05, 4.69) is 10.5 Å². The molecule has 0 radical (unpaired) electrons. The minimum absolute atomic E-state index is 0.0511. The average molecular weight is 385 g/mol. The zero-order valence-corrected chi connectivity index (χ0v) is 15.7. The number of benzene rings is 2. The summed E-state index contributed by atoms with van der Waals surface area (Å²) in [4.78, 5) is 14.6. The molecule has 0 aliphatic rings. The van der Waals surface area contributed by atoms with Crippen LogP contribution >= 0.6 is 0 Å². The normalized spacial score (nSPS) is 12.2. The number of halogens is 2. The molecule has 1 N–H and O–H groups in total. The van der Waals surface area contributed by atoms with E-state index < -0.39 is 11.7 Å². The highest BCUT2D eigenvalue weighted by Gasteiger charge is 2.20. The fourth-order valence-electron chi connectivity index (χ4n) is 2.81. The van der Waals surface area contributed by atoms with Crippen molar-refractivity contribution in [1.82, 2.24) is 15.4 Å². The topological polar surface area (TPSA) is 58.4 Å². The van der Waals surface area contributed by atoms with Gasteiger partial charge >= 0.3 is 0 Å². The lowest BCUT2D eigenvalue weighted by molar-refractivity contribution is 0.0923. The number of nitrogens with one attached hydrogen (secondary N) is 1. The SMILES string of the molecule is CN(C)CCC(NC(=O)c1cc(-c2ccccc2F)on1)c1ccc(F)cc1. The van der Waals surface area contributed by atoms with Gasteiger partial charge in [0.2, 0.25) is 0 Å². The van der Waals surface area contributed by atoms with Crippen LogP contribution in [0.1, 0.15) is 28.5 Å². The largest absolute Gasteiger partial charge is 0.355 e. The summed E-state index contributed by atoms with van der Waals surface area (Å²) in [6.45, 7) is 0.724. The van der Waals surface area contributed by atoms with Crippen LogP contribution in [0.3, 0.4) is 0 Å². The van der Waals surface area contributed by atoms with Crippen LogP contribution in [0.15, 0.2) is 59.1 Å². The van der Waals surface area contributed by atoms with Crippen molar-refractivity contribution >= 4 is 5.91 Å². The van der Waals surface area contributed by atoms with Gasteiger partial charge in [0.25, 0.3) is 5.91 Å². The lowest BCUT2D eigenvalue weighted by atomic mass is 10.0. The van der Waals surface area contributed by atoms with Crippen molar-refractivity contribution in [3.63, 3.8) is 0 Å². The van der Waals surface area contributed by atoms with Crippen LogP contribution in [-0.4, -0.2) is 36.6 Å². The van der Waals surface area contributed by atoms with Crippen LogP contribution in [0.2, 0.25) is 0 Å². The van der Waals surface area contributed by atoms with Gasteiger partial charge in [0.1, 0.15) is 11.6 Å². The van der Waals surface area contributed by atoms with E-state index in [4.69, 9.17) is 4.52 Å². The van der Waals surface area contributed by atoms with E-state index in [1.54, 1.807) is 30.3 Å². The highest BCUT2D eigenvalue weighted by atomic mass is 19.1. The zero-order chi connectivity index (χ0) is 20.1. The minimum atomic E-state index is -0.458. The van der Waals surface area contributed by atoms with E-state index in [0.717, 1.165) is 12.1 Å². The van der Waals surface area contributed by atoms with Gasteiger partial charge < -0.3 is 14.7 Å². The molecule has 3 aromatic rings. The number of aromatic nitrogens is 1. The van der Waals surface area contributed by atoms with Gasteiger partial charge in [-0.25, -0.2) is 8.78 Å². The van der Waals surface area contributed by atoms with E-state index >= 15 is 0 Å². The summed E-state index contributed by atoms with van der Waals surface area (Å²) in [5.41, 5.74) is 1.07. The first-order valence-corrected chi connectivity index (χ1v) is 8.86. The predicted octanol–water partition coefficient (Wildman–Crippen LogP) is 4.04. The first-order chi connectivity index (χ1) is 13.4. The van der Waals surface area contributed by atoms with Crippen molar-refractivity contribution in [3.8, 4) is 11.3 Å². The van der Waals surface area contributed by atoms with E-state index in [1.807, 2.05) is 19.0 Å². The van der Waals surface area contributed by atoms with Crippen molar-refractivity contribution in [2.75, 3.05) is 20.6 Å². The maximum atomic E-state index is 13.9. The van der Waals surface area contributed by atoms with Crippen molar-refractivity contribution < 1.29 is 18.1 Å². The van der Waals surface area contributed by atoms with Crippen molar-refractivity contribution in [2.45, 2.75) is 12.5 Å². The molecular weight excluding hydrogens is 364 g/mol. The number of hydrogen-bond donors (Lipinski definition) is 1. The Hall–Kier alpha value is -3.06. The van der Waals surface area contributed by atoms with Gasteiger partial charge in [0, 0.05) is 6.07 Å². The van der Waals surface area contributed by atoms with Crippen molar-refractivity contribution in [2.24, 2.45) is 0 Å². The molecule has 7 heteroatoms. The average Bonchev–Trinajstić information content (AvgIpc) is 3.16. The highest BCUT2D eigenvalue weighted by molar-refractivity contribution is 5.93. The molecule has 3 rings (SSSR count). The molecule has 1 aromatic heterocycles. The van der Waals surface area contributed by atoms with Gasteiger partial charge in [-0.05, 0) is 56.9 Å². The molecule has 0 bridgehead atoms. The van der Waals surface area contributed by atoms with Gasteiger partial charge in [-0.15, -0.1) is 0 Å². The number of hydrogen-bond acceptors (Lipinski definition) is 4. The van der Waals surface area contributed by atoms with Gasteiger partial charge in [-0.1, -0.05) is 29.4 Å². The molecule has 0 saturated carbocycles. The first kappa shape index (κ1) is 19.7. The Morgan fingerprint density at radius 2 is 1.86 bits per heavy atom. The van der Waals surface area contributed by atoms with E-state index in [-0.39, 0.29) is 28.9 Å². The summed E-state index contributed by atoms with van der Waals surface area (Å²) in [7, 11) is 3.86. The molecular formula is C21H21F2N3O2. The molecule has 2 aromatic carbocycles. The Kier molecular flexibility index (Phi) is 6.16. The monoisotopic (exact) mass is 385 g/mol. The smallest absolute Gasteiger partial charge is 0.273 e. The summed E-state index contributed by atoms with van der Waals surface area (Å²) >= 11 is 0. The Balaban J connectivity index is 1.78. The molecule has 5 nitrogen and oxygen atoms in total. The van der Waals surface area contributed by atoms with Crippen LogP contribution in [0, 0.1) is 11.6 Å². The van der Waals surface area contributed by atoms with Crippen LogP contribution in [0.4, 0.5) is 8.78 Å². The molecule has 146 valence electrons. The Bertz CT molecular complexity index is 939. The maximum absolute atomic E-state index is 13.9. The molecule has 0 spiro atoms. The second-order valence-electron chi connectivity index (χ2n) is 6.73. The maximum Gasteiger partial charge on any atom is 0.273 e. The van der Waals surface area contributed by atoms with E-state index in [1.165, 1.54) is 24.3 Å². The molecule has 1 atom stereocenters. The third-order valence-electron chi connectivity index (χ3n) is 4.32. The molecule has 0 fully saturated rings. The van der Waals surface area contributed by atoms with Gasteiger partial charge in [-0.2, -0.15) is 0 Å². The number of nitrogens with zero attached hydrogens (tertiary/aromatic N) is 2. The molecule has 1 unspecified atom stereocenters. The lowest BCUT2D eigenvalue weighted by Gasteiger charge is -2.20. The molecule has 0 saturated heterocycles. The highest BCUT2D eigenvalue weighted by Crippen LogP contribution is 2.24. The van der Waals surface area contributed by atoms with Crippen LogP contribution in [0.5, 0.6) is 0 Å². The van der Waals surface area contributed by atoms with Crippen LogP contribution in [-0.2, 0) is 0 Å². The number of carbonyl (C=O) groups excluding carboxylic acids is 1.